The Hall–Kier alpha value is -1.05. The number of amides is 1. The number of carbonyl (C=O) groups excluding carboxylic acids is 1. The number of carbonyl (C=O) groups is 2. The Balaban J connectivity index is 1.99. The largest absolute Gasteiger partial charge is 0.477 e. The zero-order chi connectivity index (χ0) is 12.4. The van der Waals surface area contributed by atoms with E-state index in [1.54, 1.807) is 0 Å². The molecule has 0 aromatic rings. The summed E-state index contributed by atoms with van der Waals surface area (Å²) in [6.45, 7) is 0.659. The van der Waals surface area contributed by atoms with Crippen LogP contribution in [-0.4, -0.2) is 40.9 Å². The second-order valence-electron chi connectivity index (χ2n) is 3.82. The lowest BCUT2D eigenvalue weighted by Crippen LogP contribution is -2.48. The van der Waals surface area contributed by atoms with Crippen molar-refractivity contribution < 1.29 is 19.5 Å². The van der Waals surface area contributed by atoms with Crippen molar-refractivity contribution >= 4 is 23.6 Å². The minimum absolute atomic E-state index is 0.0129. The SMILES string of the molecule is CONCCCC1=C(C(=O)O)N2C(=O)C[C@@H]2S1. The predicted octanol–water partition coefficient (Wildman–Crippen LogP) is 0.519. The normalized spacial score (nSPS) is 22.8. The average Bonchev–Trinajstić information content (AvgIpc) is 2.57. The van der Waals surface area contributed by atoms with Gasteiger partial charge in [0.1, 0.15) is 5.70 Å². The molecular formula is C10H14N2O4S. The molecule has 0 aliphatic carbocycles. The van der Waals surface area contributed by atoms with E-state index in [-0.39, 0.29) is 17.0 Å². The number of nitrogens with one attached hydrogen (secondary N) is 1. The Kier molecular flexibility index (Phi) is 3.70. The number of carboxylic acids is 1. The van der Waals surface area contributed by atoms with Gasteiger partial charge in [-0.3, -0.25) is 9.69 Å². The van der Waals surface area contributed by atoms with Crippen LogP contribution in [0.3, 0.4) is 0 Å². The molecule has 0 bridgehead atoms. The molecule has 0 spiro atoms. The number of hydroxylamine groups is 1. The van der Waals surface area contributed by atoms with Crippen LogP contribution in [-0.2, 0) is 14.4 Å². The number of nitrogens with zero attached hydrogens (tertiary/aromatic N) is 1. The summed E-state index contributed by atoms with van der Waals surface area (Å²) in [5.41, 5.74) is 2.88. The van der Waals surface area contributed by atoms with Gasteiger partial charge in [-0.25, -0.2) is 10.3 Å². The van der Waals surface area contributed by atoms with Crippen molar-refractivity contribution in [1.82, 2.24) is 10.4 Å². The van der Waals surface area contributed by atoms with E-state index in [0.717, 1.165) is 11.3 Å². The number of β-lactam (4-membered cyclic amide) rings is 1. The van der Waals surface area contributed by atoms with Crippen molar-refractivity contribution in [2.24, 2.45) is 0 Å². The number of hydrogen-bond acceptors (Lipinski definition) is 5. The van der Waals surface area contributed by atoms with Crippen LogP contribution in [0, 0.1) is 0 Å². The van der Waals surface area contributed by atoms with Crippen LogP contribution in [0.1, 0.15) is 19.3 Å². The fraction of sp³-hybridized carbons (Fsp3) is 0.600. The summed E-state index contributed by atoms with van der Waals surface area (Å²) >= 11 is 1.49. The van der Waals surface area contributed by atoms with Gasteiger partial charge in [-0.05, 0) is 12.8 Å². The lowest BCUT2D eigenvalue weighted by atomic mass is 10.1. The van der Waals surface area contributed by atoms with E-state index < -0.39 is 5.97 Å². The van der Waals surface area contributed by atoms with Gasteiger partial charge in [-0.2, -0.15) is 0 Å². The minimum atomic E-state index is -1.01. The molecule has 1 atom stereocenters. The Bertz CT molecular complexity index is 383. The molecule has 0 aromatic carbocycles. The van der Waals surface area contributed by atoms with Crippen molar-refractivity contribution in [2.45, 2.75) is 24.6 Å². The molecule has 0 unspecified atom stereocenters. The summed E-state index contributed by atoms with van der Waals surface area (Å²) in [6, 6.07) is 0. The fourth-order valence-corrected chi connectivity index (χ4v) is 3.37. The zero-order valence-corrected chi connectivity index (χ0v) is 10.2. The highest BCUT2D eigenvalue weighted by atomic mass is 32.2. The van der Waals surface area contributed by atoms with Crippen LogP contribution < -0.4 is 5.48 Å². The molecule has 2 aliphatic rings. The highest BCUT2D eigenvalue weighted by Gasteiger charge is 2.47. The molecule has 1 fully saturated rings. The summed E-state index contributed by atoms with van der Waals surface area (Å²) < 4.78 is 0. The minimum Gasteiger partial charge on any atom is -0.477 e. The maximum atomic E-state index is 11.3. The molecule has 0 radical (unpaired) electrons. The highest BCUT2D eigenvalue weighted by Crippen LogP contribution is 2.47. The molecule has 0 aromatic heterocycles. The van der Waals surface area contributed by atoms with Crippen LogP contribution in [0.4, 0.5) is 0 Å². The monoisotopic (exact) mass is 258 g/mol. The number of thioether (sulfide) groups is 1. The molecule has 94 valence electrons. The Labute approximate surface area is 103 Å². The summed E-state index contributed by atoms with van der Waals surface area (Å²) in [5, 5.41) is 9.13. The highest BCUT2D eigenvalue weighted by molar-refractivity contribution is 8.04. The maximum Gasteiger partial charge on any atom is 0.353 e. The van der Waals surface area contributed by atoms with E-state index in [4.69, 9.17) is 9.94 Å². The van der Waals surface area contributed by atoms with E-state index >= 15 is 0 Å². The average molecular weight is 258 g/mol. The number of rotatable bonds is 6. The predicted molar refractivity (Wildman–Crippen MR) is 61.7 cm³/mol. The number of carboxylic acid groups (broad SMARTS) is 1. The first-order valence-electron chi connectivity index (χ1n) is 5.36. The van der Waals surface area contributed by atoms with Gasteiger partial charge in [0, 0.05) is 11.4 Å². The quantitative estimate of drug-likeness (QED) is 0.411. The molecule has 0 saturated carbocycles. The van der Waals surface area contributed by atoms with Crippen LogP contribution in [0.25, 0.3) is 0 Å². The first-order chi connectivity index (χ1) is 8.15. The summed E-state index contributed by atoms with van der Waals surface area (Å²) in [4.78, 5) is 29.4. The van der Waals surface area contributed by atoms with Gasteiger partial charge in [0.2, 0.25) is 5.91 Å². The number of fused-ring (bicyclic) bond motifs is 1. The molecule has 17 heavy (non-hydrogen) atoms. The van der Waals surface area contributed by atoms with E-state index in [1.165, 1.54) is 23.8 Å². The second kappa shape index (κ2) is 5.07. The smallest absolute Gasteiger partial charge is 0.353 e. The van der Waals surface area contributed by atoms with Gasteiger partial charge >= 0.3 is 5.97 Å². The molecule has 6 nitrogen and oxygen atoms in total. The Morgan fingerprint density at radius 3 is 3.06 bits per heavy atom. The summed E-state index contributed by atoms with van der Waals surface area (Å²) in [6.07, 6.45) is 1.88. The van der Waals surface area contributed by atoms with Crippen molar-refractivity contribution in [3.63, 3.8) is 0 Å². The van der Waals surface area contributed by atoms with Crippen molar-refractivity contribution in [1.29, 1.82) is 0 Å². The van der Waals surface area contributed by atoms with Gasteiger partial charge < -0.3 is 9.94 Å². The van der Waals surface area contributed by atoms with Crippen molar-refractivity contribution in [3.05, 3.63) is 10.6 Å². The third-order valence-electron chi connectivity index (χ3n) is 2.72. The third kappa shape index (κ3) is 2.31. The molecule has 2 aliphatic heterocycles. The summed E-state index contributed by atoms with van der Waals surface area (Å²) in [7, 11) is 1.54. The molecule has 2 N–H and O–H groups in total. The van der Waals surface area contributed by atoms with E-state index in [1.807, 2.05) is 0 Å². The maximum absolute atomic E-state index is 11.3. The zero-order valence-electron chi connectivity index (χ0n) is 9.43. The van der Waals surface area contributed by atoms with Crippen LogP contribution in [0.5, 0.6) is 0 Å². The fourth-order valence-electron chi connectivity index (χ4n) is 1.93. The molecule has 1 saturated heterocycles. The first kappa shape index (κ1) is 12.4. The molecule has 1 amide bonds. The van der Waals surface area contributed by atoms with Crippen LogP contribution in [0.15, 0.2) is 10.6 Å². The van der Waals surface area contributed by atoms with Gasteiger partial charge in [-0.15, -0.1) is 11.8 Å². The van der Waals surface area contributed by atoms with Crippen molar-refractivity contribution in [2.75, 3.05) is 13.7 Å². The molecular weight excluding hydrogens is 244 g/mol. The van der Waals surface area contributed by atoms with Crippen molar-refractivity contribution in [3.8, 4) is 0 Å². The standard InChI is InChI=1S/C10H14N2O4S/c1-16-11-4-2-3-6-9(10(14)15)12-7(13)5-8(12)17-6/h8,11H,2-5H2,1H3,(H,14,15)/t8-/m0/s1. The lowest BCUT2D eigenvalue weighted by Gasteiger charge is -2.33. The number of allylic oxidation sites excluding steroid dienone is 1. The molecule has 2 heterocycles. The van der Waals surface area contributed by atoms with Gasteiger partial charge in [0.15, 0.2) is 0 Å². The Morgan fingerprint density at radius 2 is 2.47 bits per heavy atom. The van der Waals surface area contributed by atoms with Crippen LogP contribution >= 0.6 is 11.8 Å². The third-order valence-corrected chi connectivity index (χ3v) is 4.05. The molecule has 7 heteroatoms. The van der Waals surface area contributed by atoms with Gasteiger partial charge in [-0.1, -0.05) is 0 Å². The molecule has 2 rings (SSSR count). The first-order valence-corrected chi connectivity index (χ1v) is 6.24. The number of hydrogen-bond donors (Lipinski definition) is 2. The van der Waals surface area contributed by atoms with E-state index in [0.29, 0.717) is 19.4 Å². The summed E-state index contributed by atoms with van der Waals surface area (Å²) in [5.74, 6) is -1.10. The Morgan fingerprint density at radius 1 is 1.71 bits per heavy atom. The van der Waals surface area contributed by atoms with E-state index in [9.17, 15) is 9.59 Å². The lowest BCUT2D eigenvalue weighted by molar-refractivity contribution is -0.145. The topological polar surface area (TPSA) is 78.9 Å². The second-order valence-corrected chi connectivity index (χ2v) is 5.09. The van der Waals surface area contributed by atoms with Gasteiger partial charge in [0.25, 0.3) is 0 Å². The van der Waals surface area contributed by atoms with Gasteiger partial charge in [0.05, 0.1) is 18.9 Å². The van der Waals surface area contributed by atoms with Crippen LogP contribution in [0.2, 0.25) is 0 Å². The van der Waals surface area contributed by atoms with E-state index in [2.05, 4.69) is 5.48 Å². The number of aliphatic carboxylic acids is 1.